The van der Waals surface area contributed by atoms with Gasteiger partial charge in [0.1, 0.15) is 11.9 Å². The second kappa shape index (κ2) is 9.18. The first-order valence-electron chi connectivity index (χ1n) is 11.3. The molecule has 3 saturated carbocycles. The number of amidine groups is 1. The topological polar surface area (TPSA) is 130 Å². The summed E-state index contributed by atoms with van der Waals surface area (Å²) < 4.78 is 46.5. The van der Waals surface area contributed by atoms with E-state index in [2.05, 4.69) is 15.0 Å². The lowest BCUT2D eigenvalue weighted by molar-refractivity contribution is -0.141. The minimum Gasteiger partial charge on any atom is -0.463 e. The van der Waals surface area contributed by atoms with Crippen molar-refractivity contribution in [2.45, 2.75) is 37.8 Å². The Bertz CT molecular complexity index is 1360. The van der Waals surface area contributed by atoms with Gasteiger partial charge in [0.05, 0.1) is 24.5 Å². The summed E-state index contributed by atoms with van der Waals surface area (Å²) in [5.41, 5.74) is 0.167. The summed E-state index contributed by atoms with van der Waals surface area (Å²) in [5.74, 6) is -1.02. The monoisotopic (exact) mass is 554 g/mol. The van der Waals surface area contributed by atoms with Gasteiger partial charge in [0, 0.05) is 38.8 Å². The number of hydrogen-bond donors (Lipinski definition) is 3. The van der Waals surface area contributed by atoms with Gasteiger partial charge in [0.25, 0.3) is 0 Å². The summed E-state index contributed by atoms with van der Waals surface area (Å²) >= 11 is 7.78. The first-order valence-corrected chi connectivity index (χ1v) is 14.3. The molecule has 192 valence electrons. The predicted octanol–water partition coefficient (Wildman–Crippen LogP) is 2.68. The zero-order valence-electron chi connectivity index (χ0n) is 19.3. The molecule has 1 atom stereocenters. The SMILES string of the molecule is CCOC(=O)C1=C(C23CC(NS(=O)(=O)CCO)(C2)C3)NC(c2nccs2)=NC1c1ccc(F)cc1Cl. The van der Waals surface area contributed by atoms with Crippen molar-refractivity contribution in [2.75, 3.05) is 19.0 Å². The average Bonchev–Trinajstić information content (AvgIpc) is 3.29. The van der Waals surface area contributed by atoms with Crippen molar-refractivity contribution in [1.82, 2.24) is 15.0 Å². The third kappa shape index (κ3) is 4.34. The molecule has 0 saturated heterocycles. The van der Waals surface area contributed by atoms with E-state index < -0.39 is 45.4 Å². The Balaban J connectivity index is 1.57. The maximum absolute atomic E-state index is 13.8. The van der Waals surface area contributed by atoms with Crippen molar-refractivity contribution >= 4 is 44.8 Å². The molecule has 0 spiro atoms. The minimum absolute atomic E-state index is 0.121. The third-order valence-corrected chi connectivity index (χ3v) is 9.30. The van der Waals surface area contributed by atoms with Crippen LogP contribution in [0.3, 0.4) is 0 Å². The van der Waals surface area contributed by atoms with E-state index in [1.54, 1.807) is 18.5 Å². The van der Waals surface area contributed by atoms with Crippen LogP contribution in [-0.2, 0) is 19.6 Å². The Hall–Kier alpha value is -2.38. The number of halogens is 2. The molecule has 36 heavy (non-hydrogen) atoms. The number of sulfonamides is 1. The van der Waals surface area contributed by atoms with E-state index in [4.69, 9.17) is 26.4 Å². The lowest BCUT2D eigenvalue weighted by Gasteiger charge is -2.71. The molecule has 0 radical (unpaired) electrons. The van der Waals surface area contributed by atoms with Gasteiger partial charge in [0.2, 0.25) is 10.0 Å². The summed E-state index contributed by atoms with van der Waals surface area (Å²) in [6.07, 6.45) is 3.03. The van der Waals surface area contributed by atoms with E-state index in [0.717, 1.165) is 0 Å². The van der Waals surface area contributed by atoms with Crippen LogP contribution in [0.4, 0.5) is 4.39 Å². The van der Waals surface area contributed by atoms with Crippen molar-refractivity contribution in [3.8, 4) is 0 Å². The van der Waals surface area contributed by atoms with Gasteiger partial charge >= 0.3 is 5.97 Å². The van der Waals surface area contributed by atoms with E-state index in [9.17, 15) is 17.6 Å². The number of esters is 1. The maximum Gasteiger partial charge on any atom is 0.338 e. The molecular weight excluding hydrogens is 531 g/mol. The second-order valence-electron chi connectivity index (χ2n) is 9.25. The molecule has 1 aromatic carbocycles. The number of benzene rings is 1. The number of aliphatic imine (C=N–C) groups is 1. The maximum atomic E-state index is 13.8. The highest BCUT2D eigenvalue weighted by molar-refractivity contribution is 7.89. The summed E-state index contributed by atoms with van der Waals surface area (Å²) in [6.45, 7) is 1.37. The molecule has 3 N–H and O–H groups in total. The molecule has 1 aliphatic heterocycles. The average molecular weight is 555 g/mol. The van der Waals surface area contributed by atoms with Crippen LogP contribution in [0.15, 0.2) is 46.0 Å². The van der Waals surface area contributed by atoms with E-state index in [1.807, 2.05) is 0 Å². The number of aliphatic hydroxyl groups excluding tert-OH is 1. The van der Waals surface area contributed by atoms with E-state index in [0.29, 0.717) is 41.4 Å². The van der Waals surface area contributed by atoms with Crippen LogP contribution in [0.5, 0.6) is 0 Å². The van der Waals surface area contributed by atoms with Crippen LogP contribution in [0.25, 0.3) is 0 Å². The highest BCUT2D eigenvalue weighted by atomic mass is 35.5. The Morgan fingerprint density at radius 1 is 1.39 bits per heavy atom. The molecule has 1 aromatic heterocycles. The van der Waals surface area contributed by atoms with Crippen molar-refractivity contribution in [2.24, 2.45) is 10.4 Å². The molecule has 2 heterocycles. The molecule has 2 bridgehead atoms. The number of ether oxygens (including phenoxy) is 1. The van der Waals surface area contributed by atoms with Crippen LogP contribution in [-0.4, -0.2) is 54.8 Å². The predicted molar refractivity (Wildman–Crippen MR) is 133 cm³/mol. The van der Waals surface area contributed by atoms with Crippen LogP contribution in [0, 0.1) is 11.2 Å². The number of carbonyl (C=O) groups is 1. The van der Waals surface area contributed by atoms with Crippen LogP contribution in [0.2, 0.25) is 5.02 Å². The smallest absolute Gasteiger partial charge is 0.338 e. The van der Waals surface area contributed by atoms with E-state index in [1.165, 1.54) is 29.5 Å². The third-order valence-electron chi connectivity index (χ3n) is 6.72. The van der Waals surface area contributed by atoms with Crippen LogP contribution >= 0.6 is 22.9 Å². The molecular formula is C23H24ClFN4O5S2. The normalized spacial score (nSPS) is 27.0. The molecule has 6 rings (SSSR count). The van der Waals surface area contributed by atoms with E-state index >= 15 is 0 Å². The number of nitrogens with zero attached hydrogens (tertiary/aromatic N) is 2. The molecule has 4 aliphatic rings. The van der Waals surface area contributed by atoms with Gasteiger partial charge < -0.3 is 15.2 Å². The summed E-state index contributed by atoms with van der Waals surface area (Å²) in [5, 5.41) is 14.9. The van der Waals surface area contributed by atoms with Gasteiger partial charge in [-0.1, -0.05) is 17.7 Å². The number of aliphatic hydroxyl groups is 1. The number of nitrogens with one attached hydrogen (secondary N) is 2. The number of rotatable bonds is 9. The van der Waals surface area contributed by atoms with Gasteiger partial charge in [-0.3, -0.25) is 4.99 Å². The Morgan fingerprint density at radius 2 is 2.14 bits per heavy atom. The minimum atomic E-state index is -3.63. The van der Waals surface area contributed by atoms with Gasteiger partial charge in [-0.25, -0.2) is 27.3 Å². The van der Waals surface area contributed by atoms with E-state index in [-0.39, 0.29) is 23.0 Å². The highest BCUT2D eigenvalue weighted by Crippen LogP contribution is 2.71. The largest absolute Gasteiger partial charge is 0.463 e. The fraction of sp³-hybridized carbons (Fsp3) is 0.435. The molecule has 3 aliphatic carbocycles. The number of aromatic nitrogens is 1. The molecule has 13 heteroatoms. The number of thiazole rings is 1. The number of carbonyl (C=O) groups excluding carboxylic acids is 1. The lowest BCUT2D eigenvalue weighted by Crippen LogP contribution is -2.76. The molecule has 2 aromatic rings. The first-order chi connectivity index (χ1) is 17.1. The van der Waals surface area contributed by atoms with Crippen molar-refractivity contribution in [3.05, 3.63) is 62.5 Å². The fourth-order valence-corrected chi connectivity index (χ4v) is 7.53. The van der Waals surface area contributed by atoms with Crippen molar-refractivity contribution < 1.29 is 27.4 Å². The Labute approximate surface area is 216 Å². The number of allylic oxidation sites excluding steroid dienone is 1. The lowest BCUT2D eigenvalue weighted by atomic mass is 9.38. The van der Waals surface area contributed by atoms with Gasteiger partial charge in [-0.05, 0) is 38.3 Å². The zero-order chi connectivity index (χ0) is 25.7. The highest BCUT2D eigenvalue weighted by Gasteiger charge is 2.71. The van der Waals surface area contributed by atoms with Gasteiger partial charge in [-0.2, -0.15) is 0 Å². The van der Waals surface area contributed by atoms with Crippen LogP contribution in [0.1, 0.15) is 42.8 Å². The van der Waals surface area contributed by atoms with Crippen molar-refractivity contribution in [1.29, 1.82) is 0 Å². The van der Waals surface area contributed by atoms with Crippen LogP contribution < -0.4 is 10.0 Å². The molecule has 9 nitrogen and oxygen atoms in total. The Kier molecular flexibility index (Phi) is 6.44. The molecule has 0 amide bonds. The van der Waals surface area contributed by atoms with Gasteiger partial charge in [0.15, 0.2) is 10.8 Å². The van der Waals surface area contributed by atoms with Crippen molar-refractivity contribution in [3.63, 3.8) is 0 Å². The quantitative estimate of drug-likeness (QED) is 0.406. The second-order valence-corrected chi connectivity index (χ2v) is 12.4. The zero-order valence-corrected chi connectivity index (χ0v) is 21.6. The molecule has 3 fully saturated rings. The molecule has 1 unspecified atom stereocenters. The summed E-state index contributed by atoms with van der Waals surface area (Å²) in [4.78, 5) is 22.4. The summed E-state index contributed by atoms with van der Waals surface area (Å²) in [6, 6.07) is 3.06. The number of hydrogen-bond acceptors (Lipinski definition) is 9. The van der Waals surface area contributed by atoms with Gasteiger partial charge in [-0.15, -0.1) is 11.3 Å². The standard InChI is InChI=1S/C23H24ClFN4O5S2/c1-2-34-21(31)16-17(14-4-3-13(25)9-15(14)24)27-19(20-26-5-7-35-20)28-18(16)22-10-23(11-22,12-22)29-36(32,33)8-6-30/h3-5,7,9,17,29-30H,2,6,8,10-12H2,1H3,(H,27,28). The fourth-order valence-electron chi connectivity index (χ4n) is 5.45. The summed E-state index contributed by atoms with van der Waals surface area (Å²) in [7, 11) is -3.63. The Morgan fingerprint density at radius 3 is 2.75 bits per heavy atom. The first kappa shape index (κ1) is 25.3.